The van der Waals surface area contributed by atoms with Gasteiger partial charge >= 0.3 is 6.03 Å². The summed E-state index contributed by atoms with van der Waals surface area (Å²) in [5.74, 6) is 0.0498. The fourth-order valence-electron chi connectivity index (χ4n) is 7.28. The van der Waals surface area contributed by atoms with E-state index in [4.69, 9.17) is 0 Å². The monoisotopic (exact) mass is 604 g/mol. The Bertz CT molecular complexity index is 661. The van der Waals surface area contributed by atoms with Crippen molar-refractivity contribution in [3.8, 4) is 0 Å². The molecule has 0 atom stereocenters. The summed E-state index contributed by atoms with van der Waals surface area (Å²) < 4.78 is 0. The van der Waals surface area contributed by atoms with E-state index in [1.807, 2.05) is 0 Å². The number of nitrogens with one attached hydrogen (secondary N) is 1. The molecule has 0 aromatic heterocycles. The third-order valence-electron chi connectivity index (χ3n) is 10.2. The molecule has 252 valence electrons. The average Bonchev–Trinajstić information content (AvgIpc) is 3.14. The molecule has 1 spiro atoms. The second-order valence-electron chi connectivity index (χ2n) is 14.2. The number of hydrogen-bond donors (Lipinski definition) is 1. The van der Waals surface area contributed by atoms with Gasteiger partial charge in [0.15, 0.2) is 0 Å². The van der Waals surface area contributed by atoms with Crippen LogP contribution in [0.4, 0.5) is 4.79 Å². The molecular formula is C38H73N3O2. The summed E-state index contributed by atoms with van der Waals surface area (Å²) in [4.78, 5) is 30.5. The standard InChI is InChI=1S/C38H73N3O2/c1-3-5-7-9-11-13-15-17-19-21-25-29-33-40(34-30-26-22-20-18-16-14-12-10-8-6-4-2)35-41-36(42)38(39-37(41)43)31-27-23-24-28-32-38/h3-35H2,1-2H3,(H,39,43). The van der Waals surface area contributed by atoms with Crippen molar-refractivity contribution in [3.05, 3.63) is 0 Å². The molecular weight excluding hydrogens is 530 g/mol. The van der Waals surface area contributed by atoms with Crippen molar-refractivity contribution >= 4 is 11.9 Å². The highest BCUT2D eigenvalue weighted by molar-refractivity contribution is 6.07. The van der Waals surface area contributed by atoms with Gasteiger partial charge in [-0.25, -0.2) is 9.69 Å². The predicted molar refractivity (Wildman–Crippen MR) is 184 cm³/mol. The van der Waals surface area contributed by atoms with E-state index in [1.165, 1.54) is 167 Å². The molecule has 5 nitrogen and oxygen atoms in total. The second-order valence-corrected chi connectivity index (χ2v) is 14.2. The third kappa shape index (κ3) is 16.7. The number of rotatable bonds is 28. The number of imide groups is 1. The summed E-state index contributed by atoms with van der Waals surface area (Å²) >= 11 is 0. The zero-order valence-corrected chi connectivity index (χ0v) is 29.0. The molecule has 1 saturated carbocycles. The number of amides is 3. The van der Waals surface area contributed by atoms with Crippen LogP contribution < -0.4 is 5.32 Å². The number of hydrogen-bond acceptors (Lipinski definition) is 3. The molecule has 43 heavy (non-hydrogen) atoms. The first-order valence-corrected chi connectivity index (χ1v) is 19.5. The molecule has 0 unspecified atom stereocenters. The first-order valence-electron chi connectivity index (χ1n) is 19.5. The first-order chi connectivity index (χ1) is 21.1. The van der Waals surface area contributed by atoms with Gasteiger partial charge in [-0.1, -0.05) is 181 Å². The van der Waals surface area contributed by atoms with E-state index in [0.717, 1.165) is 38.8 Å². The molecule has 0 radical (unpaired) electrons. The predicted octanol–water partition coefficient (Wildman–Crippen LogP) is 11.3. The Morgan fingerprint density at radius 3 is 1.26 bits per heavy atom. The lowest BCUT2D eigenvalue weighted by molar-refractivity contribution is -0.133. The summed E-state index contributed by atoms with van der Waals surface area (Å²) in [7, 11) is 0. The zero-order chi connectivity index (χ0) is 30.9. The van der Waals surface area contributed by atoms with Crippen molar-refractivity contribution in [1.29, 1.82) is 0 Å². The molecule has 1 aliphatic carbocycles. The molecule has 2 rings (SSSR count). The molecule has 5 heteroatoms. The van der Waals surface area contributed by atoms with Gasteiger partial charge in [-0.3, -0.25) is 9.69 Å². The Morgan fingerprint density at radius 1 is 0.535 bits per heavy atom. The van der Waals surface area contributed by atoms with Crippen LogP contribution in [0.25, 0.3) is 0 Å². The minimum Gasteiger partial charge on any atom is -0.323 e. The maximum atomic E-state index is 13.5. The molecule has 3 amide bonds. The van der Waals surface area contributed by atoms with Crippen molar-refractivity contribution in [2.24, 2.45) is 0 Å². The van der Waals surface area contributed by atoms with E-state index in [1.54, 1.807) is 4.90 Å². The van der Waals surface area contributed by atoms with Crippen LogP contribution in [0, 0.1) is 0 Å². The molecule has 0 bridgehead atoms. The lowest BCUT2D eigenvalue weighted by atomic mass is 9.90. The summed E-state index contributed by atoms with van der Waals surface area (Å²) in [6.07, 6.45) is 38.6. The van der Waals surface area contributed by atoms with Crippen LogP contribution in [-0.4, -0.2) is 47.0 Å². The third-order valence-corrected chi connectivity index (χ3v) is 10.2. The van der Waals surface area contributed by atoms with Gasteiger partial charge in [0.2, 0.25) is 0 Å². The molecule has 0 aromatic carbocycles. The topological polar surface area (TPSA) is 52.6 Å². The highest BCUT2D eigenvalue weighted by Crippen LogP contribution is 2.33. The minimum atomic E-state index is -0.620. The first kappa shape index (κ1) is 38.1. The lowest BCUT2D eigenvalue weighted by Crippen LogP contribution is -2.47. The van der Waals surface area contributed by atoms with Crippen LogP contribution in [-0.2, 0) is 4.79 Å². The van der Waals surface area contributed by atoms with Crippen molar-refractivity contribution in [3.63, 3.8) is 0 Å². The Labute approximate surface area is 268 Å². The van der Waals surface area contributed by atoms with E-state index in [2.05, 4.69) is 24.1 Å². The lowest BCUT2D eigenvalue weighted by Gasteiger charge is -2.28. The van der Waals surface area contributed by atoms with E-state index >= 15 is 0 Å². The van der Waals surface area contributed by atoms with Gasteiger partial charge in [-0.05, 0) is 38.8 Å². The quantitative estimate of drug-likeness (QED) is 0.0715. The maximum Gasteiger partial charge on any atom is 0.326 e. The van der Waals surface area contributed by atoms with Crippen LogP contribution >= 0.6 is 0 Å². The Morgan fingerprint density at radius 2 is 0.884 bits per heavy atom. The normalized spacial score (nSPS) is 16.9. The van der Waals surface area contributed by atoms with Crippen molar-refractivity contribution < 1.29 is 9.59 Å². The molecule has 1 heterocycles. The maximum absolute atomic E-state index is 13.5. The smallest absolute Gasteiger partial charge is 0.323 e. The van der Waals surface area contributed by atoms with Crippen molar-refractivity contribution in [2.75, 3.05) is 19.8 Å². The largest absolute Gasteiger partial charge is 0.326 e. The Hall–Kier alpha value is -1.10. The fourth-order valence-corrected chi connectivity index (χ4v) is 7.28. The summed E-state index contributed by atoms with van der Waals surface area (Å²) in [5.41, 5.74) is -0.620. The van der Waals surface area contributed by atoms with Gasteiger partial charge in [0.25, 0.3) is 5.91 Å². The molecule has 2 fully saturated rings. The van der Waals surface area contributed by atoms with Gasteiger partial charge in [0.05, 0.1) is 6.67 Å². The Kier molecular flexibility index (Phi) is 22.3. The SMILES string of the molecule is CCCCCCCCCCCCCCN(CCCCCCCCCCCCCC)CN1C(=O)NC2(CCCCCC2)C1=O. The van der Waals surface area contributed by atoms with Gasteiger partial charge in [0, 0.05) is 0 Å². The number of nitrogens with zero attached hydrogens (tertiary/aromatic N) is 2. The molecule has 1 aliphatic heterocycles. The van der Waals surface area contributed by atoms with Crippen LogP contribution in [0.1, 0.15) is 206 Å². The van der Waals surface area contributed by atoms with E-state index in [0.29, 0.717) is 6.67 Å². The van der Waals surface area contributed by atoms with Gasteiger partial charge in [-0.2, -0.15) is 0 Å². The number of carbonyl (C=O) groups is 2. The van der Waals surface area contributed by atoms with Gasteiger partial charge in [0.1, 0.15) is 5.54 Å². The van der Waals surface area contributed by atoms with E-state index in [-0.39, 0.29) is 11.9 Å². The zero-order valence-electron chi connectivity index (χ0n) is 29.0. The van der Waals surface area contributed by atoms with Crippen LogP contribution in [0.15, 0.2) is 0 Å². The van der Waals surface area contributed by atoms with Crippen LogP contribution in [0.3, 0.4) is 0 Å². The van der Waals surface area contributed by atoms with Crippen LogP contribution in [0.5, 0.6) is 0 Å². The number of unbranched alkanes of at least 4 members (excludes halogenated alkanes) is 22. The van der Waals surface area contributed by atoms with Gasteiger partial charge in [-0.15, -0.1) is 0 Å². The van der Waals surface area contributed by atoms with Gasteiger partial charge < -0.3 is 5.32 Å². The Balaban J connectivity index is 1.68. The molecule has 1 saturated heterocycles. The minimum absolute atomic E-state index is 0.0498. The van der Waals surface area contributed by atoms with E-state index < -0.39 is 5.54 Å². The fraction of sp³-hybridized carbons (Fsp3) is 0.947. The summed E-state index contributed by atoms with van der Waals surface area (Å²) in [5, 5.41) is 3.15. The van der Waals surface area contributed by atoms with Crippen molar-refractivity contribution in [1.82, 2.24) is 15.1 Å². The highest BCUT2D eigenvalue weighted by Gasteiger charge is 2.50. The molecule has 2 aliphatic rings. The van der Waals surface area contributed by atoms with Crippen LogP contribution in [0.2, 0.25) is 0 Å². The summed E-state index contributed by atoms with van der Waals surface area (Å²) in [6, 6.07) is -0.152. The second kappa shape index (κ2) is 25.1. The highest BCUT2D eigenvalue weighted by atomic mass is 16.2. The van der Waals surface area contributed by atoms with E-state index in [9.17, 15) is 9.59 Å². The summed E-state index contributed by atoms with van der Waals surface area (Å²) in [6.45, 7) is 7.05. The molecule has 1 N–H and O–H groups in total. The number of carbonyl (C=O) groups excluding carboxylic acids is 2. The van der Waals surface area contributed by atoms with Crippen molar-refractivity contribution in [2.45, 2.75) is 212 Å². The molecule has 0 aromatic rings. The number of urea groups is 1. The average molecular weight is 604 g/mol.